The molecule has 0 aliphatic carbocycles. The topological polar surface area (TPSA) is 83.7 Å². The van der Waals surface area contributed by atoms with E-state index in [1.165, 1.54) is 10.5 Å². The average Bonchev–Trinajstić information content (AvgIpc) is 2.98. The smallest absolute Gasteiger partial charge is 0.287 e. The lowest BCUT2D eigenvalue weighted by Crippen LogP contribution is -2.47. The predicted molar refractivity (Wildman–Crippen MR) is 158 cm³/mol. The highest BCUT2D eigenvalue weighted by Crippen LogP contribution is 2.19. The molecule has 0 fully saturated rings. The molecule has 0 saturated carbocycles. The van der Waals surface area contributed by atoms with Crippen molar-refractivity contribution in [3.05, 3.63) is 149 Å². The number of carbonyl (C=O) groups is 3. The third kappa shape index (κ3) is 7.62. The van der Waals surface area contributed by atoms with Crippen LogP contribution < -0.4 is 5.73 Å². The van der Waals surface area contributed by atoms with Crippen molar-refractivity contribution in [2.75, 3.05) is 7.05 Å². The Bertz CT molecular complexity index is 1450. The highest BCUT2D eigenvalue weighted by Gasteiger charge is 2.32. The molecule has 0 spiro atoms. The Morgan fingerprint density at radius 2 is 1.27 bits per heavy atom. The quantitative estimate of drug-likeness (QED) is 0.258. The van der Waals surface area contributed by atoms with E-state index < -0.39 is 23.6 Å². The van der Waals surface area contributed by atoms with Gasteiger partial charge in [0.2, 0.25) is 5.78 Å². The molecule has 0 aliphatic rings. The third-order valence-corrected chi connectivity index (χ3v) is 6.61. The van der Waals surface area contributed by atoms with E-state index in [4.69, 9.17) is 5.73 Å². The minimum Gasteiger partial charge on any atom is -0.363 e. The van der Waals surface area contributed by atoms with Gasteiger partial charge in [0.15, 0.2) is 0 Å². The molecule has 0 radical (unpaired) electrons. The maximum Gasteiger partial charge on any atom is 0.287 e. The van der Waals surface area contributed by atoms with Crippen LogP contribution in [0.25, 0.3) is 6.08 Å². The highest BCUT2D eigenvalue weighted by molar-refractivity contribution is 6.38. The summed E-state index contributed by atoms with van der Waals surface area (Å²) in [5.41, 5.74) is 9.85. The zero-order chi connectivity index (χ0) is 28.3. The normalized spacial score (nSPS) is 11.8. The summed E-state index contributed by atoms with van der Waals surface area (Å²) in [6.45, 7) is 1.46. The van der Waals surface area contributed by atoms with E-state index in [0.29, 0.717) is 12.1 Å². The Kier molecular flexibility index (Phi) is 9.75. The van der Waals surface area contributed by atoms with Gasteiger partial charge in [-0.15, -0.1) is 0 Å². The first-order valence-corrected chi connectivity index (χ1v) is 13.2. The van der Waals surface area contributed by atoms with E-state index in [1.54, 1.807) is 30.5 Å². The summed E-state index contributed by atoms with van der Waals surface area (Å²) in [5, 5.41) is 0. The largest absolute Gasteiger partial charge is 0.363 e. The summed E-state index contributed by atoms with van der Waals surface area (Å²) in [6.07, 6.45) is 3.56. The summed E-state index contributed by atoms with van der Waals surface area (Å²) in [6, 6.07) is 35.0. The number of hydrogen-bond donors (Lipinski definition) is 1. The maximum absolute atomic E-state index is 13.8. The molecule has 6 heteroatoms. The maximum atomic E-state index is 13.8. The molecule has 6 nitrogen and oxygen atoms in total. The monoisotopic (exact) mass is 531 g/mol. The molecule has 0 saturated heterocycles. The van der Waals surface area contributed by atoms with Crippen molar-refractivity contribution in [3.63, 3.8) is 0 Å². The molecule has 0 aromatic heterocycles. The van der Waals surface area contributed by atoms with Crippen LogP contribution in [0.2, 0.25) is 0 Å². The van der Waals surface area contributed by atoms with E-state index in [0.717, 1.165) is 23.2 Å². The van der Waals surface area contributed by atoms with Gasteiger partial charge >= 0.3 is 0 Å². The molecule has 4 aromatic carbocycles. The molecule has 4 rings (SSSR count). The summed E-state index contributed by atoms with van der Waals surface area (Å²) in [4.78, 5) is 42.5. The first-order chi connectivity index (χ1) is 19.4. The van der Waals surface area contributed by atoms with Gasteiger partial charge in [0, 0.05) is 31.3 Å². The van der Waals surface area contributed by atoms with Gasteiger partial charge in [0.1, 0.15) is 6.04 Å². The van der Waals surface area contributed by atoms with Crippen molar-refractivity contribution in [1.82, 2.24) is 9.80 Å². The van der Waals surface area contributed by atoms with Crippen LogP contribution in [0.5, 0.6) is 0 Å². The lowest BCUT2D eigenvalue weighted by molar-refractivity contribution is -0.138. The molecular formula is C34H33N3O3. The fourth-order valence-electron chi connectivity index (χ4n) is 4.61. The van der Waals surface area contributed by atoms with Crippen LogP contribution in [0.3, 0.4) is 0 Å². The van der Waals surface area contributed by atoms with Crippen molar-refractivity contribution in [3.8, 4) is 0 Å². The van der Waals surface area contributed by atoms with E-state index >= 15 is 0 Å². The number of nitrogens with zero attached hydrogens (tertiary/aromatic N) is 2. The molecule has 4 aromatic rings. The van der Waals surface area contributed by atoms with E-state index in [9.17, 15) is 14.4 Å². The number of amides is 2. The third-order valence-electron chi connectivity index (χ3n) is 6.61. The number of primary amides is 1. The average molecular weight is 532 g/mol. The van der Waals surface area contributed by atoms with Crippen LogP contribution in [0.4, 0.5) is 0 Å². The standard InChI is InChI=1S/C34H33N3O3/c1-36(24-27-15-7-3-8-16-27)25-30-20-12-11-17-28(30)21-22-37(34(40)29-18-9-4-10-19-29)31(32(38)33(35)39)23-26-13-5-2-6-14-26/h2-22,31H,23-25H2,1H3,(H2,35,39)/b22-21+. The molecule has 2 N–H and O–H groups in total. The lowest BCUT2D eigenvalue weighted by Gasteiger charge is -2.27. The Morgan fingerprint density at radius 1 is 0.725 bits per heavy atom. The summed E-state index contributed by atoms with van der Waals surface area (Å²) in [7, 11) is 2.06. The van der Waals surface area contributed by atoms with Crippen molar-refractivity contribution >= 4 is 23.7 Å². The minimum atomic E-state index is -1.10. The van der Waals surface area contributed by atoms with Gasteiger partial charge in [-0.25, -0.2) is 0 Å². The first-order valence-electron chi connectivity index (χ1n) is 13.2. The second-order valence-corrected chi connectivity index (χ2v) is 9.68. The molecule has 1 atom stereocenters. The van der Waals surface area contributed by atoms with Gasteiger partial charge < -0.3 is 10.6 Å². The Labute approximate surface area is 235 Å². The number of rotatable bonds is 12. The molecular weight excluding hydrogens is 498 g/mol. The Hall–Kier alpha value is -4.81. The van der Waals surface area contributed by atoms with Crippen LogP contribution >= 0.6 is 0 Å². The Morgan fingerprint density at radius 3 is 1.90 bits per heavy atom. The van der Waals surface area contributed by atoms with E-state index in [-0.39, 0.29) is 6.42 Å². The minimum absolute atomic E-state index is 0.146. The molecule has 0 aliphatic heterocycles. The molecule has 0 bridgehead atoms. The fourth-order valence-corrected chi connectivity index (χ4v) is 4.61. The van der Waals surface area contributed by atoms with Gasteiger partial charge in [-0.05, 0) is 47.5 Å². The SMILES string of the molecule is CN(Cc1ccccc1)Cc1ccccc1/C=C/N(C(=O)c1ccccc1)C(Cc1ccccc1)C(=O)C(N)=O. The van der Waals surface area contributed by atoms with Crippen LogP contribution in [0.1, 0.15) is 32.6 Å². The summed E-state index contributed by atoms with van der Waals surface area (Å²) < 4.78 is 0. The van der Waals surface area contributed by atoms with Crippen molar-refractivity contribution < 1.29 is 14.4 Å². The summed E-state index contributed by atoms with van der Waals surface area (Å²) >= 11 is 0. The van der Waals surface area contributed by atoms with Gasteiger partial charge in [0.05, 0.1) is 0 Å². The number of carbonyl (C=O) groups excluding carboxylic acids is 3. The second-order valence-electron chi connectivity index (χ2n) is 9.68. The van der Waals surface area contributed by atoms with Crippen molar-refractivity contribution in [2.45, 2.75) is 25.6 Å². The zero-order valence-corrected chi connectivity index (χ0v) is 22.5. The van der Waals surface area contributed by atoms with Crippen LogP contribution in [0, 0.1) is 0 Å². The van der Waals surface area contributed by atoms with Crippen LogP contribution in [-0.2, 0) is 29.1 Å². The van der Waals surface area contributed by atoms with Crippen LogP contribution in [0.15, 0.2) is 121 Å². The number of ketones is 1. The molecule has 2 amide bonds. The number of hydrogen-bond acceptors (Lipinski definition) is 4. The van der Waals surface area contributed by atoms with E-state index in [1.807, 2.05) is 84.9 Å². The van der Waals surface area contributed by atoms with Crippen molar-refractivity contribution in [1.29, 1.82) is 0 Å². The molecule has 40 heavy (non-hydrogen) atoms. The van der Waals surface area contributed by atoms with Crippen LogP contribution in [-0.4, -0.2) is 40.5 Å². The molecule has 202 valence electrons. The zero-order valence-electron chi connectivity index (χ0n) is 22.5. The Balaban J connectivity index is 1.67. The highest BCUT2D eigenvalue weighted by atomic mass is 16.2. The second kappa shape index (κ2) is 13.8. The van der Waals surface area contributed by atoms with Gasteiger partial charge in [-0.1, -0.05) is 103 Å². The first kappa shape index (κ1) is 28.2. The summed E-state index contributed by atoms with van der Waals surface area (Å²) in [5.74, 6) is -2.30. The van der Waals surface area contributed by atoms with Crippen molar-refractivity contribution in [2.24, 2.45) is 5.73 Å². The van der Waals surface area contributed by atoms with Gasteiger partial charge in [0.25, 0.3) is 11.8 Å². The van der Waals surface area contributed by atoms with Gasteiger partial charge in [-0.2, -0.15) is 0 Å². The molecule has 1 unspecified atom stereocenters. The molecule has 0 heterocycles. The van der Waals surface area contributed by atoms with Gasteiger partial charge in [-0.3, -0.25) is 19.3 Å². The number of benzene rings is 4. The number of Topliss-reactive ketones (excluding diaryl/α,β-unsaturated/α-hetero) is 1. The van der Waals surface area contributed by atoms with E-state index in [2.05, 4.69) is 24.1 Å². The fraction of sp³-hybridized carbons (Fsp3) is 0.147. The number of nitrogens with two attached hydrogens (primary N) is 1. The predicted octanol–water partition coefficient (Wildman–Crippen LogP) is 5.10. The lowest BCUT2D eigenvalue weighted by atomic mass is 9.99.